The number of carboxylic acid groups (broad SMARTS) is 3. The van der Waals surface area contributed by atoms with Crippen LogP contribution in [-0.2, 0) is 38.4 Å². The Kier molecular flexibility index (Phi) is 19.8. The maximum absolute atomic E-state index is 13.6. The molecule has 6 atom stereocenters. The highest BCUT2D eigenvalue weighted by atomic mass is 16.4. The number of nitrogens with two attached hydrogens (primary N) is 1. The van der Waals surface area contributed by atoms with Crippen molar-refractivity contribution in [3.63, 3.8) is 0 Å². The fourth-order valence-electron chi connectivity index (χ4n) is 4.85. The van der Waals surface area contributed by atoms with Gasteiger partial charge in [-0.25, -0.2) is 4.79 Å². The number of carbonyl (C=O) groups is 8. The molecular weight excluding hydrogens is 644 g/mol. The van der Waals surface area contributed by atoms with Crippen molar-refractivity contribution in [2.45, 2.75) is 130 Å². The summed E-state index contributed by atoms with van der Waals surface area (Å²) in [7, 11) is 0. The van der Waals surface area contributed by atoms with Crippen molar-refractivity contribution in [2.75, 3.05) is 0 Å². The van der Waals surface area contributed by atoms with Gasteiger partial charge in [-0.3, -0.25) is 33.6 Å². The molecule has 10 N–H and O–H groups in total. The number of carboxylic acids is 3. The molecule has 0 fully saturated rings. The van der Waals surface area contributed by atoms with Crippen molar-refractivity contribution in [1.82, 2.24) is 26.6 Å². The molecule has 0 aromatic carbocycles. The Balaban J connectivity index is 6.16. The van der Waals surface area contributed by atoms with Crippen LogP contribution in [0.2, 0.25) is 0 Å². The Morgan fingerprint density at radius 1 is 0.429 bits per heavy atom. The van der Waals surface area contributed by atoms with E-state index < -0.39 is 96.5 Å². The van der Waals surface area contributed by atoms with Crippen LogP contribution in [0.3, 0.4) is 0 Å². The van der Waals surface area contributed by atoms with Crippen molar-refractivity contribution in [3.8, 4) is 0 Å². The van der Waals surface area contributed by atoms with Gasteiger partial charge in [0, 0.05) is 0 Å². The molecule has 0 aliphatic carbocycles. The predicted molar refractivity (Wildman–Crippen MR) is 178 cm³/mol. The third-order valence-electron chi connectivity index (χ3n) is 7.09. The highest BCUT2D eigenvalue weighted by molar-refractivity contribution is 5.97. The standard InChI is InChI=1S/C32H56N6O11/c1-15(2)9-19(33)27(43)34-22(13-25(39)40)30(46)36-20(10-16(3)4)28(44)35-21(11-17(5)6)29(45)37-23(14-26(41)42)31(47)38-24(32(48)49)12-18(7)8/h15-24H,9-14,33H2,1-8H3,(H,34,43)(H,35,44)(H,36,46)(H,37,45)(H,38,47)(H,39,40)(H,41,42)(H,48,49)/t19-,20-,21-,22-,23-,24-/m0/s1. The van der Waals surface area contributed by atoms with Crippen LogP contribution in [0.5, 0.6) is 0 Å². The molecule has 0 radical (unpaired) electrons. The molecule has 17 heteroatoms. The third-order valence-corrected chi connectivity index (χ3v) is 7.09. The Morgan fingerprint density at radius 2 is 0.694 bits per heavy atom. The lowest BCUT2D eigenvalue weighted by Crippen LogP contribution is -2.60. The molecule has 0 heterocycles. The van der Waals surface area contributed by atoms with E-state index in [2.05, 4.69) is 26.6 Å². The second kappa shape index (κ2) is 21.6. The maximum Gasteiger partial charge on any atom is 0.326 e. The number of aliphatic carboxylic acids is 3. The minimum Gasteiger partial charge on any atom is -0.481 e. The molecule has 0 rings (SSSR count). The summed E-state index contributed by atoms with van der Waals surface area (Å²) in [5.41, 5.74) is 5.89. The second-order valence-corrected chi connectivity index (χ2v) is 14.0. The number of rotatable bonds is 23. The Hall–Kier alpha value is -4.28. The van der Waals surface area contributed by atoms with Crippen LogP contribution in [-0.4, -0.2) is 99.0 Å². The molecule has 0 aromatic rings. The van der Waals surface area contributed by atoms with E-state index in [0.29, 0.717) is 0 Å². The topological polar surface area (TPSA) is 283 Å². The van der Waals surface area contributed by atoms with Crippen molar-refractivity contribution in [2.24, 2.45) is 29.4 Å². The zero-order valence-electron chi connectivity index (χ0n) is 29.7. The van der Waals surface area contributed by atoms with E-state index in [9.17, 15) is 53.7 Å². The smallest absolute Gasteiger partial charge is 0.326 e. The first-order valence-corrected chi connectivity index (χ1v) is 16.5. The van der Waals surface area contributed by atoms with Gasteiger partial charge >= 0.3 is 17.9 Å². The fraction of sp³-hybridized carbons (Fsp3) is 0.750. The zero-order chi connectivity index (χ0) is 38.2. The molecule has 0 unspecified atom stereocenters. The summed E-state index contributed by atoms with van der Waals surface area (Å²) in [6.45, 7) is 14.1. The lowest BCUT2D eigenvalue weighted by molar-refractivity contribution is -0.144. The summed E-state index contributed by atoms with van der Waals surface area (Å²) >= 11 is 0. The number of hydrogen-bond acceptors (Lipinski definition) is 9. The lowest BCUT2D eigenvalue weighted by Gasteiger charge is -2.28. The highest BCUT2D eigenvalue weighted by Crippen LogP contribution is 2.12. The number of carbonyl (C=O) groups excluding carboxylic acids is 5. The van der Waals surface area contributed by atoms with E-state index in [1.54, 1.807) is 41.5 Å². The molecule has 0 aliphatic heterocycles. The largest absolute Gasteiger partial charge is 0.481 e. The van der Waals surface area contributed by atoms with E-state index in [4.69, 9.17) is 5.73 Å². The zero-order valence-corrected chi connectivity index (χ0v) is 29.7. The van der Waals surface area contributed by atoms with Gasteiger partial charge < -0.3 is 47.6 Å². The van der Waals surface area contributed by atoms with Crippen LogP contribution < -0.4 is 32.3 Å². The summed E-state index contributed by atoms with van der Waals surface area (Å²) < 4.78 is 0. The van der Waals surface area contributed by atoms with Crippen molar-refractivity contribution in [1.29, 1.82) is 0 Å². The Bertz CT molecular complexity index is 1170. The first kappa shape index (κ1) is 44.7. The molecule has 0 saturated heterocycles. The average molecular weight is 701 g/mol. The first-order chi connectivity index (χ1) is 22.5. The fourth-order valence-corrected chi connectivity index (χ4v) is 4.85. The van der Waals surface area contributed by atoms with Gasteiger partial charge in [0.2, 0.25) is 29.5 Å². The number of nitrogens with one attached hydrogen (secondary N) is 5. The van der Waals surface area contributed by atoms with E-state index in [0.717, 1.165) is 0 Å². The molecule has 0 saturated carbocycles. The minimum absolute atomic E-state index is 0.0257. The molecule has 17 nitrogen and oxygen atoms in total. The van der Waals surface area contributed by atoms with Crippen molar-refractivity contribution < 1.29 is 53.7 Å². The summed E-state index contributed by atoms with van der Waals surface area (Å²) in [6.07, 6.45) is -1.28. The Morgan fingerprint density at radius 3 is 1.00 bits per heavy atom. The quantitative estimate of drug-likeness (QED) is 0.0679. The van der Waals surface area contributed by atoms with Gasteiger partial charge in [-0.15, -0.1) is 0 Å². The molecule has 280 valence electrons. The molecule has 0 aromatic heterocycles. The van der Waals surface area contributed by atoms with E-state index in [1.807, 2.05) is 13.8 Å². The summed E-state index contributed by atoms with van der Waals surface area (Å²) in [5.74, 6) is -9.16. The molecule has 49 heavy (non-hydrogen) atoms. The molecule has 5 amide bonds. The van der Waals surface area contributed by atoms with Crippen molar-refractivity contribution >= 4 is 47.4 Å². The van der Waals surface area contributed by atoms with E-state index in [-0.39, 0.29) is 49.4 Å². The SMILES string of the molecule is CC(C)C[C@H](NC(=O)[C@H](CC(=O)O)NC(=O)[C@H](CC(C)C)NC(=O)[C@H](CC(C)C)NC(=O)[C@H](CC(=O)O)NC(=O)[C@@H](N)CC(C)C)C(=O)O. The van der Waals surface area contributed by atoms with Gasteiger partial charge in [0.25, 0.3) is 0 Å². The van der Waals surface area contributed by atoms with Crippen molar-refractivity contribution in [3.05, 3.63) is 0 Å². The minimum atomic E-state index is -1.68. The Labute approximate surface area is 287 Å². The van der Waals surface area contributed by atoms with Crippen LogP contribution in [0.1, 0.15) is 93.9 Å². The average Bonchev–Trinajstić information content (AvgIpc) is 2.93. The van der Waals surface area contributed by atoms with Crippen LogP contribution in [0.15, 0.2) is 0 Å². The summed E-state index contributed by atoms with van der Waals surface area (Å²) in [6, 6.07) is -8.21. The van der Waals surface area contributed by atoms with Gasteiger partial charge in [0.15, 0.2) is 0 Å². The van der Waals surface area contributed by atoms with Crippen LogP contribution in [0, 0.1) is 23.7 Å². The van der Waals surface area contributed by atoms with E-state index >= 15 is 0 Å². The molecular formula is C32H56N6O11. The van der Waals surface area contributed by atoms with Gasteiger partial charge in [0.1, 0.15) is 30.2 Å². The monoisotopic (exact) mass is 700 g/mol. The van der Waals surface area contributed by atoms with E-state index in [1.165, 1.54) is 0 Å². The third kappa shape index (κ3) is 18.7. The molecule has 0 aliphatic rings. The molecule has 0 bridgehead atoms. The van der Waals surface area contributed by atoms with Crippen LogP contribution in [0.25, 0.3) is 0 Å². The number of amides is 5. The normalized spacial score (nSPS) is 15.0. The summed E-state index contributed by atoms with van der Waals surface area (Å²) in [4.78, 5) is 101. The predicted octanol–water partition coefficient (Wildman–Crippen LogP) is -0.0439. The highest BCUT2D eigenvalue weighted by Gasteiger charge is 2.34. The maximum atomic E-state index is 13.6. The van der Waals surface area contributed by atoms with Gasteiger partial charge in [-0.2, -0.15) is 0 Å². The second-order valence-electron chi connectivity index (χ2n) is 14.0. The van der Waals surface area contributed by atoms with Gasteiger partial charge in [-0.05, 0) is 49.4 Å². The molecule has 0 spiro atoms. The number of hydrogen-bond donors (Lipinski definition) is 9. The lowest BCUT2D eigenvalue weighted by atomic mass is 9.99. The first-order valence-electron chi connectivity index (χ1n) is 16.5. The van der Waals surface area contributed by atoms with Gasteiger partial charge in [-0.1, -0.05) is 55.4 Å². The van der Waals surface area contributed by atoms with Gasteiger partial charge in [0.05, 0.1) is 18.9 Å². The van der Waals surface area contributed by atoms with Crippen LogP contribution in [0.4, 0.5) is 0 Å². The summed E-state index contributed by atoms with van der Waals surface area (Å²) in [5, 5.41) is 40.2. The van der Waals surface area contributed by atoms with Crippen LogP contribution >= 0.6 is 0 Å².